The Hall–Kier alpha value is -3.43. The minimum Gasteiger partial charge on any atom is -0.462 e. The Morgan fingerprint density at radius 3 is 2.62 bits per heavy atom. The summed E-state index contributed by atoms with van der Waals surface area (Å²) in [6.07, 6.45) is -5.51. The molecule has 0 aliphatic carbocycles. The van der Waals surface area contributed by atoms with E-state index in [0.717, 1.165) is 10.9 Å². The molecule has 1 aliphatic heterocycles. The van der Waals surface area contributed by atoms with Gasteiger partial charge in [0.25, 0.3) is 0 Å². The van der Waals surface area contributed by atoms with Gasteiger partial charge >= 0.3 is 19.6 Å². The highest BCUT2D eigenvalue weighted by Gasteiger charge is 2.60. The van der Waals surface area contributed by atoms with Gasteiger partial charge in [-0.25, -0.2) is 9.55 Å². The second-order valence-corrected chi connectivity index (χ2v) is 10.9. The molecule has 1 saturated heterocycles. The fraction of sp³-hybridized carbons (Fsp3) is 0.478. The quantitative estimate of drug-likeness (QED) is 0.190. The number of esters is 1. The van der Waals surface area contributed by atoms with Gasteiger partial charge < -0.3 is 30.2 Å². The van der Waals surface area contributed by atoms with Crippen molar-refractivity contribution < 1.29 is 41.8 Å². The maximum Gasteiger partial charge on any atom is 0.459 e. The van der Waals surface area contributed by atoms with Crippen molar-refractivity contribution in [3.63, 3.8) is 0 Å². The number of aromatic nitrogens is 4. The first-order valence-electron chi connectivity index (χ1n) is 12.2. The van der Waals surface area contributed by atoms with Crippen LogP contribution in [0.3, 0.4) is 0 Å². The molecule has 0 amide bonds. The van der Waals surface area contributed by atoms with E-state index in [1.165, 1.54) is 19.1 Å². The molecule has 5 N–H and O–H groups in total. The zero-order chi connectivity index (χ0) is 29.2. The van der Waals surface area contributed by atoms with Crippen LogP contribution in [-0.2, 0) is 23.4 Å². The van der Waals surface area contributed by atoms with Crippen molar-refractivity contribution >= 4 is 36.6 Å². The summed E-state index contributed by atoms with van der Waals surface area (Å²) < 4.78 is 66.7. The molecule has 17 heteroatoms. The summed E-state index contributed by atoms with van der Waals surface area (Å²) >= 11 is 0. The van der Waals surface area contributed by atoms with E-state index in [1.54, 1.807) is 39.1 Å². The Bertz CT molecular complexity index is 1390. The number of aliphatic hydroxyl groups is 1. The Morgan fingerprint density at radius 2 is 1.98 bits per heavy atom. The molecule has 0 bridgehead atoms. The van der Waals surface area contributed by atoms with Crippen LogP contribution in [0.5, 0.6) is 5.75 Å². The smallest absolute Gasteiger partial charge is 0.459 e. The van der Waals surface area contributed by atoms with Crippen LogP contribution >= 0.6 is 7.75 Å². The average molecular weight is 586 g/mol. The Balaban J connectivity index is 1.56. The normalized spacial score (nSPS) is 22.6. The van der Waals surface area contributed by atoms with Crippen LogP contribution < -0.4 is 20.7 Å². The van der Waals surface area contributed by atoms with Gasteiger partial charge in [-0.15, -0.1) is 0 Å². The lowest BCUT2D eigenvalue weighted by atomic mass is 10.1. The monoisotopic (exact) mass is 585 g/mol. The Labute approximate surface area is 227 Å². The van der Waals surface area contributed by atoms with Crippen molar-refractivity contribution in [3.05, 3.63) is 36.7 Å². The second kappa shape index (κ2) is 11.6. The van der Waals surface area contributed by atoms with E-state index in [0.29, 0.717) is 0 Å². The second-order valence-electron chi connectivity index (χ2n) is 9.18. The van der Waals surface area contributed by atoms with Crippen LogP contribution in [0.25, 0.3) is 11.2 Å². The average Bonchev–Trinajstić information content (AvgIpc) is 3.40. The summed E-state index contributed by atoms with van der Waals surface area (Å²) in [4.78, 5) is 24.3. The number of anilines is 2. The minimum atomic E-state index is -4.40. The summed E-state index contributed by atoms with van der Waals surface area (Å²) in [5, 5.41) is 15.7. The van der Waals surface area contributed by atoms with Gasteiger partial charge in [0.1, 0.15) is 17.9 Å². The summed E-state index contributed by atoms with van der Waals surface area (Å²) in [5.41, 5.74) is 5.80. The number of nitrogens with one attached hydrogen (secondary N) is 2. The van der Waals surface area contributed by atoms with Crippen molar-refractivity contribution in [2.45, 2.75) is 57.3 Å². The predicted molar refractivity (Wildman–Crippen MR) is 139 cm³/mol. The lowest BCUT2D eigenvalue weighted by Crippen LogP contribution is -2.40. The lowest BCUT2D eigenvalue weighted by molar-refractivity contribution is -0.149. The molecule has 3 heterocycles. The van der Waals surface area contributed by atoms with Crippen molar-refractivity contribution in [1.29, 1.82) is 0 Å². The first-order chi connectivity index (χ1) is 18.8. The number of ether oxygens (including phenoxy) is 2. The van der Waals surface area contributed by atoms with Gasteiger partial charge in [-0.05, 0) is 32.9 Å². The van der Waals surface area contributed by atoms with E-state index in [-0.39, 0.29) is 28.7 Å². The predicted octanol–water partition coefficient (Wildman–Crippen LogP) is 2.48. The van der Waals surface area contributed by atoms with E-state index < -0.39 is 56.8 Å². The molecule has 1 fully saturated rings. The molecule has 1 aromatic carbocycles. The fourth-order valence-corrected chi connectivity index (χ4v) is 5.39. The van der Waals surface area contributed by atoms with Crippen LogP contribution in [0.4, 0.5) is 20.5 Å². The molecule has 14 nitrogen and oxygen atoms in total. The molecule has 5 atom stereocenters. The van der Waals surface area contributed by atoms with Crippen molar-refractivity contribution in [2.75, 3.05) is 24.7 Å². The number of carbonyl (C=O) groups excluding carboxylic acids is 1. The molecular formula is C23H30F2N7O7P. The third kappa shape index (κ3) is 6.15. The number of hydrogen-bond acceptors (Lipinski definition) is 12. The van der Waals surface area contributed by atoms with Gasteiger partial charge in [0, 0.05) is 7.05 Å². The van der Waals surface area contributed by atoms with E-state index in [1.807, 2.05) is 0 Å². The van der Waals surface area contributed by atoms with Gasteiger partial charge in [-0.2, -0.15) is 23.8 Å². The zero-order valence-corrected chi connectivity index (χ0v) is 22.9. The number of para-hydroxylation sites is 1. The molecule has 1 aliphatic rings. The van der Waals surface area contributed by atoms with Crippen molar-refractivity contribution in [2.24, 2.45) is 0 Å². The number of nitrogens with two attached hydrogens (primary N) is 1. The molecule has 3 aromatic rings. The zero-order valence-electron chi connectivity index (χ0n) is 22.0. The highest BCUT2D eigenvalue weighted by Crippen LogP contribution is 2.48. The number of halogens is 2. The van der Waals surface area contributed by atoms with E-state index in [2.05, 4.69) is 25.4 Å². The summed E-state index contributed by atoms with van der Waals surface area (Å²) in [6, 6.07) is 6.71. The highest BCUT2D eigenvalue weighted by molar-refractivity contribution is 7.52. The highest BCUT2D eigenvalue weighted by atomic mass is 31.2. The number of imidazole rings is 1. The molecule has 0 radical (unpaired) electrons. The van der Waals surface area contributed by atoms with E-state index in [9.17, 15) is 14.5 Å². The van der Waals surface area contributed by atoms with Gasteiger partial charge in [0.2, 0.25) is 12.2 Å². The van der Waals surface area contributed by atoms with Crippen LogP contribution in [0.1, 0.15) is 27.0 Å². The summed E-state index contributed by atoms with van der Waals surface area (Å²) in [5.74, 6) is -4.48. The van der Waals surface area contributed by atoms with Crippen molar-refractivity contribution in [1.82, 2.24) is 24.6 Å². The molecule has 218 valence electrons. The number of rotatable bonds is 11. The Kier molecular flexibility index (Phi) is 8.56. The molecule has 40 heavy (non-hydrogen) atoms. The number of nitrogen functional groups attached to an aromatic ring is 1. The topological polar surface area (TPSA) is 185 Å². The SMILES string of the molecule is CNc1nc(N)nc2c1ncn2[C@@H]1O[C@H](CO[P@@](=O)(N[C@@H](C)C(=O)OC(C)C)Oc2ccccc2)[C@@H](O)C1(F)F. The van der Waals surface area contributed by atoms with Crippen LogP contribution in [0.15, 0.2) is 36.7 Å². The minimum absolute atomic E-state index is 0.0625. The number of nitrogens with zero attached hydrogens (tertiary/aromatic N) is 4. The number of benzene rings is 1. The van der Waals surface area contributed by atoms with Crippen LogP contribution in [0, 0.1) is 0 Å². The molecular weight excluding hydrogens is 555 g/mol. The van der Waals surface area contributed by atoms with Crippen LogP contribution in [0.2, 0.25) is 0 Å². The first-order valence-corrected chi connectivity index (χ1v) is 13.8. The van der Waals surface area contributed by atoms with Gasteiger partial charge in [-0.3, -0.25) is 13.9 Å². The number of hydrogen-bond donors (Lipinski definition) is 4. The Morgan fingerprint density at radius 1 is 1.27 bits per heavy atom. The third-order valence-corrected chi connectivity index (χ3v) is 7.39. The first kappa shape index (κ1) is 29.6. The number of fused-ring (bicyclic) bond motifs is 1. The maximum atomic E-state index is 15.3. The summed E-state index contributed by atoms with van der Waals surface area (Å²) in [6.45, 7) is 3.85. The fourth-order valence-electron chi connectivity index (χ4n) is 3.89. The molecule has 0 spiro atoms. The maximum absolute atomic E-state index is 15.3. The van der Waals surface area contributed by atoms with Gasteiger partial charge in [0.05, 0.1) is 19.0 Å². The van der Waals surface area contributed by atoms with E-state index in [4.69, 9.17) is 24.3 Å². The van der Waals surface area contributed by atoms with E-state index >= 15 is 8.78 Å². The summed E-state index contributed by atoms with van der Waals surface area (Å²) in [7, 11) is -2.86. The molecule has 2 aromatic heterocycles. The standard InChI is InChI=1S/C23H30F2N7O7P/c1-12(2)37-20(34)13(3)31-40(35,39-14-8-6-5-7-9-14)36-10-15-17(33)23(24,25)21(38-15)32-11-28-16-18(27-4)29-22(26)30-19(16)32/h5-9,11-13,15,17,21,33H,10H2,1-4H3,(H,31,35)(H3,26,27,29,30)/t13-,15+,17+,21+,40-/m0/s1. The molecule has 0 saturated carbocycles. The number of aliphatic hydroxyl groups excluding tert-OH is 1. The van der Waals surface area contributed by atoms with Crippen molar-refractivity contribution in [3.8, 4) is 5.75 Å². The number of carbonyl (C=O) groups is 1. The largest absolute Gasteiger partial charge is 0.462 e. The van der Waals surface area contributed by atoms with Crippen LogP contribution in [-0.4, -0.2) is 74.5 Å². The lowest BCUT2D eigenvalue weighted by Gasteiger charge is -2.25. The number of alkyl halides is 2. The van der Waals surface area contributed by atoms with Gasteiger partial charge in [0.15, 0.2) is 23.1 Å². The molecule has 4 rings (SSSR count). The molecule has 0 unspecified atom stereocenters. The van der Waals surface area contributed by atoms with Gasteiger partial charge in [-0.1, -0.05) is 18.2 Å². The third-order valence-electron chi connectivity index (χ3n) is 5.74.